The maximum Gasteiger partial charge on any atom is 0.157 e. The van der Waals surface area contributed by atoms with Crippen LogP contribution in [0.5, 0.6) is 0 Å². The molecule has 0 fully saturated rings. The largest absolute Gasteiger partial charge is 0.295 e. The van der Waals surface area contributed by atoms with Crippen LogP contribution in [0.1, 0.15) is 41.0 Å². The van der Waals surface area contributed by atoms with E-state index < -0.39 is 0 Å². The van der Waals surface area contributed by atoms with Crippen molar-refractivity contribution in [3.05, 3.63) is 11.3 Å². The molecule has 0 amide bonds. The van der Waals surface area contributed by atoms with Gasteiger partial charge >= 0.3 is 0 Å². The molecular weight excluding hydrogens is 150 g/mol. The summed E-state index contributed by atoms with van der Waals surface area (Å²) < 4.78 is 0. The SMILES string of the molecule is CC/C(N=C(C)C)=C(/C)C(C)=O. The fraction of sp³-hybridized carbons (Fsp3) is 0.600. The Morgan fingerprint density at radius 2 is 1.67 bits per heavy atom. The smallest absolute Gasteiger partial charge is 0.157 e. The highest BCUT2D eigenvalue weighted by Crippen LogP contribution is 2.11. The Balaban J connectivity index is 4.87. The number of carbonyl (C=O) groups excluding carboxylic acids is 1. The fourth-order valence-electron chi connectivity index (χ4n) is 0.901. The maximum atomic E-state index is 11.0. The quantitative estimate of drug-likeness (QED) is 0.469. The number of hydrogen-bond donors (Lipinski definition) is 0. The molecule has 68 valence electrons. The van der Waals surface area contributed by atoms with Crippen molar-refractivity contribution in [2.75, 3.05) is 0 Å². The Morgan fingerprint density at radius 3 is 1.92 bits per heavy atom. The molecule has 0 aromatic carbocycles. The summed E-state index contributed by atoms with van der Waals surface area (Å²) in [6.07, 6.45) is 0.816. The molecule has 2 nitrogen and oxygen atoms in total. The second kappa shape index (κ2) is 4.86. The highest BCUT2D eigenvalue weighted by molar-refractivity contribution is 5.94. The van der Waals surface area contributed by atoms with E-state index in [0.717, 1.165) is 23.4 Å². The molecule has 0 aromatic heterocycles. The number of carbonyl (C=O) groups is 1. The van der Waals surface area contributed by atoms with Crippen molar-refractivity contribution in [3.63, 3.8) is 0 Å². The number of Topliss-reactive ketones (excluding diaryl/α,β-unsaturated/α-hetero) is 1. The number of allylic oxidation sites excluding steroid dienone is 2. The minimum absolute atomic E-state index is 0.108. The summed E-state index contributed by atoms with van der Waals surface area (Å²) in [7, 11) is 0. The zero-order valence-corrected chi connectivity index (χ0v) is 8.56. The third kappa shape index (κ3) is 3.46. The van der Waals surface area contributed by atoms with Crippen LogP contribution < -0.4 is 0 Å². The van der Waals surface area contributed by atoms with E-state index in [9.17, 15) is 4.79 Å². The minimum atomic E-state index is 0.108. The highest BCUT2D eigenvalue weighted by atomic mass is 16.1. The van der Waals surface area contributed by atoms with Gasteiger partial charge in [0.2, 0.25) is 0 Å². The van der Waals surface area contributed by atoms with Crippen molar-refractivity contribution < 1.29 is 4.79 Å². The molecule has 0 aromatic rings. The molecule has 0 saturated carbocycles. The summed E-state index contributed by atoms with van der Waals surface area (Å²) in [5.41, 5.74) is 2.67. The van der Waals surface area contributed by atoms with Gasteiger partial charge < -0.3 is 0 Å². The lowest BCUT2D eigenvalue weighted by atomic mass is 10.1. The molecule has 0 atom stereocenters. The van der Waals surface area contributed by atoms with Crippen LogP contribution in [-0.2, 0) is 4.79 Å². The van der Waals surface area contributed by atoms with Crippen molar-refractivity contribution in [2.24, 2.45) is 4.99 Å². The van der Waals surface area contributed by atoms with Gasteiger partial charge in [-0.25, -0.2) is 0 Å². The first-order valence-corrected chi connectivity index (χ1v) is 4.21. The van der Waals surface area contributed by atoms with E-state index >= 15 is 0 Å². The standard InChI is InChI=1S/C10H17NO/c1-6-10(11-7(2)3)8(4)9(5)12/h6H2,1-5H3/b10-8+. The van der Waals surface area contributed by atoms with Crippen LogP contribution in [0.25, 0.3) is 0 Å². The molecule has 0 rings (SSSR count). The highest BCUT2D eigenvalue weighted by Gasteiger charge is 2.02. The molecule has 0 unspecified atom stereocenters. The number of ketones is 1. The van der Waals surface area contributed by atoms with Crippen molar-refractivity contribution in [2.45, 2.75) is 41.0 Å². The topological polar surface area (TPSA) is 29.4 Å². The molecule has 0 spiro atoms. The van der Waals surface area contributed by atoms with Crippen LogP contribution in [0.3, 0.4) is 0 Å². The lowest BCUT2D eigenvalue weighted by Gasteiger charge is -2.02. The monoisotopic (exact) mass is 167 g/mol. The molecule has 2 heteroatoms. The molecule has 0 aliphatic rings. The van der Waals surface area contributed by atoms with E-state index in [2.05, 4.69) is 4.99 Å². The molecule has 12 heavy (non-hydrogen) atoms. The van der Waals surface area contributed by atoms with Gasteiger partial charge in [0.25, 0.3) is 0 Å². The van der Waals surface area contributed by atoms with Crippen LogP contribution in [-0.4, -0.2) is 11.5 Å². The summed E-state index contributed by atoms with van der Waals surface area (Å²) >= 11 is 0. The average molecular weight is 167 g/mol. The molecule has 0 bridgehead atoms. The zero-order chi connectivity index (χ0) is 9.72. The van der Waals surface area contributed by atoms with E-state index in [1.165, 1.54) is 0 Å². The number of hydrogen-bond acceptors (Lipinski definition) is 2. The average Bonchev–Trinajstić information content (AvgIpc) is 1.98. The van der Waals surface area contributed by atoms with Gasteiger partial charge in [0, 0.05) is 17.0 Å². The van der Waals surface area contributed by atoms with Crippen LogP contribution >= 0.6 is 0 Å². The van der Waals surface area contributed by atoms with Crippen molar-refractivity contribution in [1.82, 2.24) is 0 Å². The van der Waals surface area contributed by atoms with E-state index in [1.54, 1.807) is 6.92 Å². The zero-order valence-electron chi connectivity index (χ0n) is 8.56. The van der Waals surface area contributed by atoms with Crippen LogP contribution in [0.2, 0.25) is 0 Å². The molecule has 0 saturated heterocycles. The van der Waals surface area contributed by atoms with Gasteiger partial charge in [-0.05, 0) is 34.1 Å². The second-order valence-corrected chi connectivity index (χ2v) is 3.04. The number of rotatable bonds is 3. The van der Waals surface area contributed by atoms with E-state index in [1.807, 2.05) is 27.7 Å². The Morgan fingerprint density at radius 1 is 1.17 bits per heavy atom. The summed E-state index contributed by atoms with van der Waals surface area (Å²) in [4.78, 5) is 15.3. The molecular formula is C10H17NO. The third-order valence-electron chi connectivity index (χ3n) is 1.65. The van der Waals surface area contributed by atoms with Crippen molar-refractivity contribution in [1.29, 1.82) is 0 Å². The summed E-state index contributed by atoms with van der Waals surface area (Å²) in [5, 5.41) is 0. The van der Waals surface area contributed by atoms with Gasteiger partial charge in [0.1, 0.15) is 0 Å². The normalized spacial score (nSPS) is 12.1. The lowest BCUT2D eigenvalue weighted by molar-refractivity contribution is -0.113. The van der Waals surface area contributed by atoms with Gasteiger partial charge in [0.15, 0.2) is 5.78 Å². The molecule has 0 aliphatic carbocycles. The molecule has 0 heterocycles. The van der Waals surface area contributed by atoms with Crippen LogP contribution in [0, 0.1) is 0 Å². The number of aliphatic imine (C=N–C) groups is 1. The van der Waals surface area contributed by atoms with E-state index in [0.29, 0.717) is 0 Å². The first-order chi connectivity index (χ1) is 5.49. The Bertz CT molecular complexity index is 232. The first kappa shape index (κ1) is 11.1. The van der Waals surface area contributed by atoms with Gasteiger partial charge in [-0.15, -0.1) is 0 Å². The lowest BCUT2D eigenvalue weighted by Crippen LogP contribution is -1.97. The second-order valence-electron chi connectivity index (χ2n) is 3.04. The van der Waals surface area contributed by atoms with E-state index in [4.69, 9.17) is 0 Å². The van der Waals surface area contributed by atoms with Gasteiger partial charge in [-0.3, -0.25) is 9.79 Å². The third-order valence-corrected chi connectivity index (χ3v) is 1.65. The predicted octanol–water partition coefficient (Wildman–Crippen LogP) is 2.74. The van der Waals surface area contributed by atoms with Gasteiger partial charge in [-0.1, -0.05) is 6.92 Å². The molecule has 0 radical (unpaired) electrons. The van der Waals surface area contributed by atoms with Crippen molar-refractivity contribution in [3.8, 4) is 0 Å². The molecule has 0 aliphatic heterocycles. The minimum Gasteiger partial charge on any atom is -0.295 e. The summed E-state index contributed by atoms with van der Waals surface area (Å²) in [6, 6.07) is 0. The van der Waals surface area contributed by atoms with Gasteiger partial charge in [-0.2, -0.15) is 0 Å². The Kier molecular flexibility index (Phi) is 4.49. The Labute approximate surface area is 74.4 Å². The predicted molar refractivity (Wildman–Crippen MR) is 52.5 cm³/mol. The van der Waals surface area contributed by atoms with Crippen molar-refractivity contribution >= 4 is 11.5 Å². The first-order valence-electron chi connectivity index (χ1n) is 4.21. The van der Waals surface area contributed by atoms with Gasteiger partial charge in [0.05, 0.1) is 0 Å². The number of nitrogens with zero attached hydrogens (tertiary/aromatic N) is 1. The molecule has 0 N–H and O–H groups in total. The van der Waals surface area contributed by atoms with Crippen LogP contribution in [0.15, 0.2) is 16.3 Å². The summed E-state index contributed by atoms with van der Waals surface area (Å²) in [6.45, 7) is 9.28. The maximum absolute atomic E-state index is 11.0. The summed E-state index contributed by atoms with van der Waals surface area (Å²) in [5.74, 6) is 0.108. The fourth-order valence-corrected chi connectivity index (χ4v) is 0.901. The Hall–Kier alpha value is -0.920. The van der Waals surface area contributed by atoms with Crippen LogP contribution in [0.4, 0.5) is 0 Å². The van der Waals surface area contributed by atoms with E-state index in [-0.39, 0.29) is 5.78 Å².